The van der Waals surface area contributed by atoms with E-state index in [2.05, 4.69) is 49.5 Å². The highest BCUT2D eigenvalue weighted by Gasteiger charge is 2.34. The molecule has 0 radical (unpaired) electrons. The summed E-state index contributed by atoms with van der Waals surface area (Å²) in [6.07, 6.45) is 1.56. The van der Waals surface area contributed by atoms with Crippen molar-refractivity contribution in [3.8, 4) is 0 Å². The van der Waals surface area contributed by atoms with E-state index in [1.54, 1.807) is 17.9 Å². The van der Waals surface area contributed by atoms with Crippen LogP contribution in [0.1, 0.15) is 109 Å². The van der Waals surface area contributed by atoms with Crippen molar-refractivity contribution in [2.45, 2.75) is 103 Å². The molecule has 44 heavy (non-hydrogen) atoms. The summed E-state index contributed by atoms with van der Waals surface area (Å²) in [7, 11) is -4.12. The topological polar surface area (TPSA) is 157 Å². The molecule has 11 heteroatoms. The number of carbonyl (C=O) groups is 2. The molecule has 0 aromatic heterocycles. The molecule has 0 saturated carbocycles. The molecule has 0 spiro atoms. The van der Waals surface area contributed by atoms with Crippen molar-refractivity contribution in [2.24, 2.45) is 22.4 Å². The molecular weight excluding hydrogens is 578 g/mol. The standard InChI is InChI=1S/C33H51N5O5S/c1-8-43-32(40)23-11-14-38(15-12-23)31(39)29(10-9-13-36-33(34)35)37-44(41,42)30-19-28-25(18-27(30)22(6)7)16-24(20(2)3)17-26(28)21(4)5/h16-23,29,37H,8-15H2,1-7H3,(H4,34,35,36)/t29-/m0/s1. The van der Waals surface area contributed by atoms with Crippen LogP contribution in [0.2, 0.25) is 0 Å². The monoisotopic (exact) mass is 629 g/mol. The van der Waals surface area contributed by atoms with E-state index in [1.807, 2.05) is 19.9 Å². The van der Waals surface area contributed by atoms with E-state index in [0.29, 0.717) is 50.4 Å². The summed E-state index contributed by atoms with van der Waals surface area (Å²) in [4.78, 5) is 31.9. The molecular formula is C33H51N5O5S. The molecule has 0 bridgehead atoms. The van der Waals surface area contributed by atoms with Crippen molar-refractivity contribution in [3.05, 3.63) is 41.0 Å². The van der Waals surface area contributed by atoms with Gasteiger partial charge >= 0.3 is 5.97 Å². The first-order valence-corrected chi connectivity index (χ1v) is 17.3. The van der Waals surface area contributed by atoms with Crippen LogP contribution in [0.5, 0.6) is 0 Å². The molecule has 2 aromatic rings. The zero-order valence-corrected chi connectivity index (χ0v) is 28.2. The van der Waals surface area contributed by atoms with E-state index in [1.165, 1.54) is 5.56 Å². The summed E-state index contributed by atoms with van der Waals surface area (Å²) < 4.78 is 36.3. The number of rotatable bonds is 13. The molecule has 5 N–H and O–H groups in total. The van der Waals surface area contributed by atoms with Crippen LogP contribution in [0, 0.1) is 5.92 Å². The largest absolute Gasteiger partial charge is 0.466 e. The Bertz CT molecular complexity index is 1460. The molecule has 244 valence electrons. The lowest BCUT2D eigenvalue weighted by Crippen LogP contribution is -2.51. The number of nitrogens with zero attached hydrogens (tertiary/aromatic N) is 2. The van der Waals surface area contributed by atoms with Crippen LogP contribution in [0.25, 0.3) is 10.8 Å². The maximum atomic E-state index is 14.2. The molecule has 1 aliphatic rings. The fourth-order valence-corrected chi connectivity index (χ4v) is 7.36. The van der Waals surface area contributed by atoms with E-state index in [9.17, 15) is 18.0 Å². The molecule has 1 saturated heterocycles. The number of carbonyl (C=O) groups excluding carboxylic acids is 2. The van der Waals surface area contributed by atoms with Gasteiger partial charge in [-0.1, -0.05) is 53.7 Å². The van der Waals surface area contributed by atoms with Crippen LogP contribution in [-0.2, 0) is 24.3 Å². The van der Waals surface area contributed by atoms with Gasteiger partial charge < -0.3 is 21.1 Å². The molecule has 1 heterocycles. The number of aliphatic imine (C=N–C) groups is 1. The van der Waals surface area contributed by atoms with Gasteiger partial charge in [-0.3, -0.25) is 14.6 Å². The number of nitrogens with one attached hydrogen (secondary N) is 1. The SMILES string of the molecule is CCOC(=O)C1CCN(C(=O)[C@H](CCCN=C(N)N)NS(=O)(=O)c2cc3c(C(C)C)cc(C(C)C)cc3cc2C(C)C)CC1. The maximum absolute atomic E-state index is 14.2. The zero-order chi connectivity index (χ0) is 32.8. The number of esters is 1. The third-order valence-corrected chi connectivity index (χ3v) is 9.83. The Morgan fingerprint density at radius 2 is 1.61 bits per heavy atom. The Labute approximate surface area is 263 Å². The first-order chi connectivity index (χ1) is 20.7. The molecule has 10 nitrogen and oxygen atoms in total. The number of likely N-dealkylation sites (tertiary alicyclic amines) is 1. The Hall–Kier alpha value is -3.18. The summed E-state index contributed by atoms with van der Waals surface area (Å²) in [6.45, 7) is 15.5. The number of fused-ring (bicyclic) bond motifs is 1. The van der Waals surface area contributed by atoms with Gasteiger partial charge in [-0.2, -0.15) is 4.72 Å². The van der Waals surface area contributed by atoms with Gasteiger partial charge in [0.25, 0.3) is 0 Å². The summed E-state index contributed by atoms with van der Waals surface area (Å²) in [5.74, 6) is -0.467. The van der Waals surface area contributed by atoms with Crippen LogP contribution in [0.3, 0.4) is 0 Å². The highest BCUT2D eigenvalue weighted by molar-refractivity contribution is 7.89. The Morgan fingerprint density at radius 3 is 2.16 bits per heavy atom. The lowest BCUT2D eigenvalue weighted by molar-refractivity contribution is -0.151. The predicted octanol–water partition coefficient (Wildman–Crippen LogP) is 4.71. The molecule has 2 aromatic carbocycles. The van der Waals surface area contributed by atoms with Crippen molar-refractivity contribution >= 4 is 38.6 Å². The first kappa shape index (κ1) is 35.3. The smallest absolute Gasteiger partial charge is 0.309 e. The van der Waals surface area contributed by atoms with Crippen molar-refractivity contribution in [1.29, 1.82) is 0 Å². The van der Waals surface area contributed by atoms with Crippen LogP contribution < -0.4 is 16.2 Å². The normalized spacial score (nSPS) is 15.3. The van der Waals surface area contributed by atoms with Gasteiger partial charge in [0.1, 0.15) is 6.04 Å². The van der Waals surface area contributed by atoms with Gasteiger partial charge in [-0.05, 0) is 90.0 Å². The number of nitrogens with two attached hydrogens (primary N) is 2. The fourth-order valence-electron chi connectivity index (χ4n) is 5.76. The number of benzene rings is 2. The van der Waals surface area contributed by atoms with Gasteiger partial charge in [-0.15, -0.1) is 0 Å². The molecule has 1 amide bonds. The third kappa shape index (κ3) is 8.72. The minimum Gasteiger partial charge on any atom is -0.466 e. The third-order valence-electron chi connectivity index (χ3n) is 8.30. The highest BCUT2D eigenvalue weighted by atomic mass is 32.2. The summed E-state index contributed by atoms with van der Waals surface area (Å²) in [6, 6.07) is 7.07. The number of hydrogen-bond acceptors (Lipinski definition) is 6. The Morgan fingerprint density at radius 1 is 0.977 bits per heavy atom. The molecule has 1 aliphatic heterocycles. The maximum Gasteiger partial charge on any atom is 0.309 e. The number of amides is 1. The summed E-state index contributed by atoms with van der Waals surface area (Å²) >= 11 is 0. The minimum absolute atomic E-state index is 0.0613. The number of sulfonamides is 1. The van der Waals surface area contributed by atoms with Gasteiger partial charge in [0, 0.05) is 19.6 Å². The fraction of sp³-hybridized carbons (Fsp3) is 0.606. The van der Waals surface area contributed by atoms with Crippen molar-refractivity contribution in [2.75, 3.05) is 26.2 Å². The van der Waals surface area contributed by atoms with Crippen molar-refractivity contribution in [1.82, 2.24) is 9.62 Å². The van der Waals surface area contributed by atoms with Crippen LogP contribution in [0.15, 0.2) is 34.2 Å². The van der Waals surface area contributed by atoms with Crippen LogP contribution in [-0.4, -0.2) is 63.4 Å². The second-order valence-electron chi connectivity index (χ2n) is 12.7. The second-order valence-corrected chi connectivity index (χ2v) is 14.3. The second kappa shape index (κ2) is 15.2. The number of ether oxygens (including phenoxy) is 1. The number of guanidine groups is 1. The van der Waals surface area contributed by atoms with E-state index in [4.69, 9.17) is 16.2 Å². The summed E-state index contributed by atoms with van der Waals surface area (Å²) in [5, 5.41) is 1.91. The molecule has 0 aliphatic carbocycles. The molecule has 1 atom stereocenters. The van der Waals surface area contributed by atoms with E-state index in [-0.39, 0.29) is 53.5 Å². The first-order valence-electron chi connectivity index (χ1n) is 15.8. The van der Waals surface area contributed by atoms with Crippen LogP contribution in [0.4, 0.5) is 0 Å². The van der Waals surface area contributed by atoms with Crippen molar-refractivity contribution in [3.63, 3.8) is 0 Å². The van der Waals surface area contributed by atoms with Crippen molar-refractivity contribution < 1.29 is 22.7 Å². The average molecular weight is 630 g/mol. The minimum atomic E-state index is -4.12. The van der Waals surface area contributed by atoms with E-state index >= 15 is 0 Å². The molecule has 3 rings (SSSR count). The predicted molar refractivity (Wildman–Crippen MR) is 176 cm³/mol. The van der Waals surface area contributed by atoms with Gasteiger partial charge in [-0.25, -0.2) is 8.42 Å². The molecule has 0 unspecified atom stereocenters. The Balaban J connectivity index is 2.00. The quantitative estimate of drug-likeness (QED) is 0.125. The van der Waals surface area contributed by atoms with Gasteiger partial charge in [0.15, 0.2) is 5.96 Å². The lowest BCUT2D eigenvalue weighted by atomic mass is 9.88. The van der Waals surface area contributed by atoms with E-state index < -0.39 is 16.1 Å². The zero-order valence-electron chi connectivity index (χ0n) is 27.4. The summed E-state index contributed by atoms with van der Waals surface area (Å²) in [5.41, 5.74) is 13.9. The number of piperidine rings is 1. The average Bonchev–Trinajstić information content (AvgIpc) is 2.96. The molecule has 1 fully saturated rings. The Kier molecular flexibility index (Phi) is 12.2. The van der Waals surface area contributed by atoms with Gasteiger partial charge in [0.2, 0.25) is 15.9 Å². The van der Waals surface area contributed by atoms with Crippen LogP contribution >= 0.6 is 0 Å². The highest BCUT2D eigenvalue weighted by Crippen LogP contribution is 2.36. The lowest BCUT2D eigenvalue weighted by Gasteiger charge is -2.33. The van der Waals surface area contributed by atoms with E-state index in [0.717, 1.165) is 16.3 Å². The number of hydrogen-bond donors (Lipinski definition) is 3. The van der Waals surface area contributed by atoms with Gasteiger partial charge in [0.05, 0.1) is 17.4 Å².